The summed E-state index contributed by atoms with van der Waals surface area (Å²) in [5.74, 6) is 0. The smallest absolute Gasteiger partial charge is 0.409 e. The minimum atomic E-state index is -0.00782. The number of unbranched alkanes of at least 4 members (excludes halogenated alkanes) is 2. The van der Waals surface area contributed by atoms with Crippen LogP contribution in [0.3, 0.4) is 0 Å². The van der Waals surface area contributed by atoms with Gasteiger partial charge in [-0.1, -0.05) is 26.2 Å². The maximum atomic E-state index is 5.22. The fourth-order valence-corrected chi connectivity index (χ4v) is 0.971. The summed E-state index contributed by atoms with van der Waals surface area (Å²) < 4.78 is 10.4. The third kappa shape index (κ3) is 2.71. The summed E-state index contributed by atoms with van der Waals surface area (Å²) in [7, 11) is -0.00782. The molecule has 57 valence electrons. The Balaban J connectivity index is 1.91. The zero-order chi connectivity index (χ0) is 7.23. The Kier molecular flexibility index (Phi) is 3.84. The molecule has 1 saturated heterocycles. The molecule has 0 atom stereocenters. The van der Waals surface area contributed by atoms with E-state index in [0.29, 0.717) is 0 Å². The van der Waals surface area contributed by atoms with Crippen LogP contribution in [0, 0.1) is 6.32 Å². The summed E-state index contributed by atoms with van der Waals surface area (Å²) in [6.45, 7) is 3.70. The average Bonchev–Trinajstić information content (AvgIpc) is 2.41. The Morgan fingerprint density at radius 2 is 2.10 bits per heavy atom. The number of hydrogen-bond donors (Lipinski definition) is 0. The van der Waals surface area contributed by atoms with Crippen molar-refractivity contribution in [1.82, 2.24) is 0 Å². The van der Waals surface area contributed by atoms with Crippen molar-refractivity contribution >= 4 is 7.12 Å². The van der Waals surface area contributed by atoms with Crippen molar-refractivity contribution in [2.75, 3.05) is 13.2 Å². The molecular formula is C7H14BO2. The van der Waals surface area contributed by atoms with Crippen molar-refractivity contribution in [2.24, 2.45) is 0 Å². The van der Waals surface area contributed by atoms with Crippen LogP contribution in [0.15, 0.2) is 0 Å². The van der Waals surface area contributed by atoms with Gasteiger partial charge in [-0.25, -0.2) is 0 Å². The van der Waals surface area contributed by atoms with Gasteiger partial charge >= 0.3 is 7.12 Å². The van der Waals surface area contributed by atoms with E-state index in [1.54, 1.807) is 0 Å². The van der Waals surface area contributed by atoms with E-state index in [2.05, 4.69) is 13.2 Å². The van der Waals surface area contributed by atoms with E-state index in [0.717, 1.165) is 19.6 Å². The first-order valence-corrected chi connectivity index (χ1v) is 4.00. The van der Waals surface area contributed by atoms with Crippen molar-refractivity contribution in [3.8, 4) is 0 Å². The van der Waals surface area contributed by atoms with Gasteiger partial charge in [0, 0.05) is 0 Å². The highest BCUT2D eigenvalue weighted by atomic mass is 16.6. The molecule has 1 aliphatic rings. The second-order valence-corrected chi connectivity index (χ2v) is 2.49. The third-order valence-electron chi connectivity index (χ3n) is 1.56. The molecule has 1 heterocycles. The van der Waals surface area contributed by atoms with Gasteiger partial charge in [-0.15, -0.1) is 0 Å². The van der Waals surface area contributed by atoms with Crippen LogP contribution >= 0.6 is 0 Å². The molecule has 1 radical (unpaired) electrons. The lowest BCUT2D eigenvalue weighted by molar-refractivity contribution is 0.365. The Morgan fingerprint density at radius 3 is 2.70 bits per heavy atom. The first-order chi connectivity index (χ1) is 4.93. The third-order valence-corrected chi connectivity index (χ3v) is 1.56. The van der Waals surface area contributed by atoms with Gasteiger partial charge < -0.3 is 9.31 Å². The van der Waals surface area contributed by atoms with E-state index in [9.17, 15) is 0 Å². The van der Waals surface area contributed by atoms with Gasteiger partial charge in [-0.05, 0) is 6.32 Å². The van der Waals surface area contributed by atoms with Gasteiger partial charge in [-0.2, -0.15) is 0 Å². The molecule has 1 aliphatic heterocycles. The summed E-state index contributed by atoms with van der Waals surface area (Å²) >= 11 is 0. The van der Waals surface area contributed by atoms with Crippen LogP contribution in [0.5, 0.6) is 0 Å². The molecule has 10 heavy (non-hydrogen) atoms. The summed E-state index contributed by atoms with van der Waals surface area (Å²) in [6, 6.07) is 0. The van der Waals surface area contributed by atoms with E-state index in [4.69, 9.17) is 9.31 Å². The highest BCUT2D eigenvalue weighted by molar-refractivity contribution is 6.49. The normalized spacial score (nSPS) is 18.3. The van der Waals surface area contributed by atoms with Crippen LogP contribution < -0.4 is 0 Å². The van der Waals surface area contributed by atoms with E-state index in [1.807, 2.05) is 0 Å². The van der Waals surface area contributed by atoms with Gasteiger partial charge in [-0.3, -0.25) is 0 Å². The van der Waals surface area contributed by atoms with Gasteiger partial charge in [0.25, 0.3) is 0 Å². The molecule has 0 unspecified atom stereocenters. The molecule has 0 saturated carbocycles. The van der Waals surface area contributed by atoms with Crippen molar-refractivity contribution < 1.29 is 9.31 Å². The molecule has 0 amide bonds. The molecule has 0 aromatic heterocycles. The lowest BCUT2D eigenvalue weighted by atomic mass is 9.83. The lowest BCUT2D eigenvalue weighted by Gasteiger charge is -2.00. The molecule has 0 aliphatic carbocycles. The molecule has 3 heteroatoms. The Hall–Kier alpha value is -0.0151. The van der Waals surface area contributed by atoms with Crippen LogP contribution in [0.1, 0.15) is 26.2 Å². The second-order valence-electron chi connectivity index (χ2n) is 2.49. The quantitative estimate of drug-likeness (QED) is 0.435. The molecular weight excluding hydrogens is 127 g/mol. The standard InChI is InChI=1S/C7H14BO2/c1-2-3-4-5-8-9-6-7-10-8/h5H,2-4,6-7H2,1H3. The SMILES string of the molecule is CCCC[CH]B1OCCO1. The predicted octanol–water partition coefficient (Wildman–Crippen LogP) is 1.46. The van der Waals surface area contributed by atoms with E-state index >= 15 is 0 Å². The van der Waals surface area contributed by atoms with Crippen molar-refractivity contribution in [2.45, 2.75) is 26.2 Å². The first kappa shape index (κ1) is 8.09. The highest BCUT2D eigenvalue weighted by Crippen LogP contribution is 2.07. The van der Waals surface area contributed by atoms with Crippen molar-refractivity contribution in [3.63, 3.8) is 0 Å². The van der Waals surface area contributed by atoms with Crippen LogP contribution in [0.25, 0.3) is 0 Å². The molecule has 2 nitrogen and oxygen atoms in total. The molecule has 0 spiro atoms. The summed E-state index contributed by atoms with van der Waals surface area (Å²) in [6.07, 6.45) is 5.70. The van der Waals surface area contributed by atoms with E-state index < -0.39 is 0 Å². The molecule has 1 fully saturated rings. The monoisotopic (exact) mass is 141 g/mol. The van der Waals surface area contributed by atoms with Crippen LogP contribution in [0.2, 0.25) is 0 Å². The average molecular weight is 141 g/mol. The largest absolute Gasteiger partial charge is 0.460 e. The van der Waals surface area contributed by atoms with E-state index in [1.165, 1.54) is 12.8 Å². The van der Waals surface area contributed by atoms with Crippen molar-refractivity contribution in [1.29, 1.82) is 0 Å². The van der Waals surface area contributed by atoms with Gasteiger partial charge in [0.2, 0.25) is 0 Å². The molecule has 0 aromatic carbocycles. The fourth-order valence-electron chi connectivity index (χ4n) is 0.971. The maximum Gasteiger partial charge on any atom is 0.460 e. The van der Waals surface area contributed by atoms with Crippen LogP contribution in [0.4, 0.5) is 0 Å². The predicted molar refractivity (Wildman–Crippen MR) is 41.5 cm³/mol. The molecule has 1 rings (SSSR count). The minimum Gasteiger partial charge on any atom is -0.409 e. The van der Waals surface area contributed by atoms with Gasteiger partial charge in [0.15, 0.2) is 0 Å². The highest BCUT2D eigenvalue weighted by Gasteiger charge is 2.22. The zero-order valence-electron chi connectivity index (χ0n) is 6.51. The second kappa shape index (κ2) is 4.75. The lowest BCUT2D eigenvalue weighted by Crippen LogP contribution is -2.14. The number of hydrogen-bond acceptors (Lipinski definition) is 2. The van der Waals surface area contributed by atoms with Crippen LogP contribution in [-0.2, 0) is 9.31 Å². The summed E-state index contributed by atoms with van der Waals surface area (Å²) in [5, 5.41) is 0. The maximum absolute atomic E-state index is 5.22. The Bertz CT molecular complexity index is 81.7. The topological polar surface area (TPSA) is 18.5 Å². The van der Waals surface area contributed by atoms with Crippen molar-refractivity contribution in [3.05, 3.63) is 6.32 Å². The molecule has 0 aromatic rings. The minimum absolute atomic E-state index is 0.00782. The Labute approximate surface area is 63.0 Å². The van der Waals surface area contributed by atoms with Gasteiger partial charge in [0.1, 0.15) is 0 Å². The van der Waals surface area contributed by atoms with Crippen LogP contribution in [-0.4, -0.2) is 20.3 Å². The fraction of sp³-hybridized carbons (Fsp3) is 0.857. The van der Waals surface area contributed by atoms with Gasteiger partial charge in [0.05, 0.1) is 13.2 Å². The molecule has 0 N–H and O–H groups in total. The van der Waals surface area contributed by atoms with E-state index in [-0.39, 0.29) is 7.12 Å². The summed E-state index contributed by atoms with van der Waals surface area (Å²) in [4.78, 5) is 0. The first-order valence-electron chi connectivity index (χ1n) is 4.00. The number of rotatable bonds is 4. The zero-order valence-corrected chi connectivity index (χ0v) is 6.51. The summed E-state index contributed by atoms with van der Waals surface area (Å²) in [5.41, 5.74) is 0. The molecule has 0 bridgehead atoms. The Morgan fingerprint density at radius 1 is 1.40 bits per heavy atom.